The van der Waals surface area contributed by atoms with Crippen LogP contribution >= 0.6 is 11.8 Å². The van der Waals surface area contributed by atoms with Crippen LogP contribution < -0.4 is 10.1 Å². The van der Waals surface area contributed by atoms with Crippen LogP contribution in [0.5, 0.6) is 5.75 Å². The van der Waals surface area contributed by atoms with Crippen LogP contribution in [0.15, 0.2) is 29.3 Å². The Balaban J connectivity index is 2.38. The summed E-state index contributed by atoms with van der Waals surface area (Å²) in [5.41, 5.74) is 0. The van der Waals surface area contributed by atoms with Gasteiger partial charge in [-0.05, 0) is 18.4 Å². The van der Waals surface area contributed by atoms with Gasteiger partial charge in [0.15, 0.2) is 17.5 Å². The first-order valence-corrected chi connectivity index (χ1v) is 8.19. The van der Waals surface area contributed by atoms with E-state index in [2.05, 4.69) is 23.5 Å². The van der Waals surface area contributed by atoms with Crippen molar-refractivity contribution in [2.24, 2.45) is 4.99 Å². The molecule has 0 aliphatic carbocycles. The average molecular weight is 313 g/mol. The second kappa shape index (κ2) is 9.50. The fraction of sp³-hybridized carbons (Fsp3) is 0.533. The number of hydrogen-bond acceptors (Lipinski definition) is 3. The lowest BCUT2D eigenvalue weighted by Gasteiger charge is -2.23. The Kier molecular flexibility index (Phi) is 7.97. The highest BCUT2D eigenvalue weighted by molar-refractivity contribution is 7.99. The number of likely N-dealkylation sites (N-methyl/N-ethyl adjacent to an activating group) is 1. The van der Waals surface area contributed by atoms with Crippen molar-refractivity contribution >= 4 is 17.7 Å². The summed E-state index contributed by atoms with van der Waals surface area (Å²) >= 11 is 1.80. The van der Waals surface area contributed by atoms with E-state index < -0.39 is 0 Å². The van der Waals surface area contributed by atoms with Gasteiger partial charge in [-0.1, -0.05) is 19.1 Å². The lowest BCUT2D eigenvalue weighted by molar-refractivity contribution is 0.270. The first kappa shape index (κ1) is 17.6. The molecule has 1 aromatic rings. The number of nitrogens with one attached hydrogen (secondary N) is 1. The van der Waals surface area contributed by atoms with E-state index in [0.717, 1.165) is 12.5 Å². The molecule has 0 aliphatic rings. The van der Waals surface area contributed by atoms with Crippen LogP contribution in [0.1, 0.15) is 6.92 Å². The summed E-state index contributed by atoms with van der Waals surface area (Å²) < 4.78 is 18.9. The van der Waals surface area contributed by atoms with Gasteiger partial charge in [0.25, 0.3) is 0 Å². The Morgan fingerprint density at radius 1 is 1.48 bits per heavy atom. The molecular weight excluding hydrogens is 289 g/mol. The molecule has 0 aliphatic heterocycles. The maximum absolute atomic E-state index is 13.4. The molecule has 1 N–H and O–H groups in total. The summed E-state index contributed by atoms with van der Waals surface area (Å²) in [6.07, 6.45) is 2.08. The molecule has 0 saturated heterocycles. The van der Waals surface area contributed by atoms with Gasteiger partial charge in [-0.3, -0.25) is 4.99 Å². The summed E-state index contributed by atoms with van der Waals surface area (Å²) in [5.74, 6) is 0.759. The summed E-state index contributed by atoms with van der Waals surface area (Å²) in [7, 11) is 3.68. The SMILES string of the molecule is CN=C(NCC(C)SC)N(C)CCOc1ccccc1F. The molecule has 4 nitrogen and oxygen atoms in total. The number of halogens is 1. The molecule has 0 bridgehead atoms. The van der Waals surface area contributed by atoms with Gasteiger partial charge >= 0.3 is 0 Å². The minimum absolute atomic E-state index is 0.282. The maximum atomic E-state index is 13.4. The topological polar surface area (TPSA) is 36.9 Å². The predicted molar refractivity (Wildman–Crippen MR) is 88.9 cm³/mol. The monoisotopic (exact) mass is 313 g/mol. The van der Waals surface area contributed by atoms with Gasteiger partial charge in [0, 0.05) is 25.9 Å². The van der Waals surface area contributed by atoms with Gasteiger partial charge in [0.05, 0.1) is 6.54 Å². The van der Waals surface area contributed by atoms with E-state index in [-0.39, 0.29) is 11.6 Å². The number of aliphatic imine (C=N–C) groups is 1. The average Bonchev–Trinajstić information content (AvgIpc) is 2.49. The van der Waals surface area contributed by atoms with Crippen molar-refractivity contribution in [3.8, 4) is 5.75 Å². The zero-order valence-electron chi connectivity index (χ0n) is 13.1. The molecule has 0 heterocycles. The first-order chi connectivity index (χ1) is 10.1. The Morgan fingerprint density at radius 3 is 2.81 bits per heavy atom. The number of nitrogens with zero attached hydrogens (tertiary/aromatic N) is 2. The lowest BCUT2D eigenvalue weighted by Crippen LogP contribution is -2.42. The molecule has 0 saturated carbocycles. The highest BCUT2D eigenvalue weighted by Gasteiger charge is 2.08. The zero-order chi connectivity index (χ0) is 15.7. The Morgan fingerprint density at radius 2 is 2.19 bits per heavy atom. The van der Waals surface area contributed by atoms with Crippen LogP contribution in [0.3, 0.4) is 0 Å². The number of hydrogen-bond donors (Lipinski definition) is 1. The number of benzene rings is 1. The van der Waals surface area contributed by atoms with Crippen molar-refractivity contribution < 1.29 is 9.13 Å². The van der Waals surface area contributed by atoms with Crippen molar-refractivity contribution in [3.05, 3.63) is 30.1 Å². The van der Waals surface area contributed by atoms with Crippen LogP contribution in [-0.4, -0.2) is 56.2 Å². The second-order valence-corrected chi connectivity index (χ2v) is 5.95. The third-order valence-electron chi connectivity index (χ3n) is 3.04. The smallest absolute Gasteiger partial charge is 0.193 e. The van der Waals surface area contributed by atoms with Gasteiger partial charge in [0.1, 0.15) is 6.61 Å². The Labute approximate surface area is 130 Å². The standard InChI is InChI=1S/C15H24FN3OS/c1-12(21-4)11-18-15(17-2)19(3)9-10-20-14-8-6-5-7-13(14)16/h5-8,12H,9-11H2,1-4H3,(H,17,18). The third kappa shape index (κ3) is 6.25. The molecule has 1 unspecified atom stereocenters. The minimum Gasteiger partial charge on any atom is -0.489 e. The molecule has 0 fully saturated rings. The van der Waals surface area contributed by atoms with Gasteiger partial charge in [0.2, 0.25) is 0 Å². The van der Waals surface area contributed by atoms with Gasteiger partial charge in [-0.2, -0.15) is 11.8 Å². The summed E-state index contributed by atoms with van der Waals surface area (Å²) in [4.78, 5) is 6.20. The quantitative estimate of drug-likeness (QED) is 0.620. The van der Waals surface area contributed by atoms with Crippen LogP contribution in [0, 0.1) is 5.82 Å². The maximum Gasteiger partial charge on any atom is 0.193 e. The van der Waals surface area contributed by atoms with Crippen molar-refractivity contribution in [3.63, 3.8) is 0 Å². The number of thioether (sulfide) groups is 1. The highest BCUT2D eigenvalue weighted by Crippen LogP contribution is 2.14. The zero-order valence-corrected chi connectivity index (χ0v) is 13.9. The highest BCUT2D eigenvalue weighted by atomic mass is 32.2. The number of para-hydroxylation sites is 1. The molecule has 21 heavy (non-hydrogen) atoms. The summed E-state index contributed by atoms with van der Waals surface area (Å²) in [6, 6.07) is 6.42. The van der Waals surface area contributed by atoms with E-state index in [9.17, 15) is 4.39 Å². The number of guanidine groups is 1. The van der Waals surface area contributed by atoms with E-state index in [1.165, 1.54) is 6.07 Å². The largest absolute Gasteiger partial charge is 0.489 e. The van der Waals surface area contributed by atoms with E-state index in [1.807, 2.05) is 11.9 Å². The molecule has 6 heteroatoms. The number of ether oxygens (including phenoxy) is 1. The minimum atomic E-state index is -0.337. The predicted octanol–water partition coefficient (Wildman–Crippen LogP) is 2.46. The van der Waals surface area contributed by atoms with Gasteiger partial charge < -0.3 is 15.0 Å². The number of rotatable bonds is 7. The Bertz CT molecular complexity index is 456. The molecule has 118 valence electrons. The van der Waals surface area contributed by atoms with Crippen molar-refractivity contribution in [2.75, 3.05) is 40.0 Å². The van der Waals surface area contributed by atoms with Crippen LogP contribution in [0.4, 0.5) is 4.39 Å². The van der Waals surface area contributed by atoms with E-state index in [0.29, 0.717) is 18.4 Å². The molecule has 0 amide bonds. The van der Waals surface area contributed by atoms with Gasteiger partial charge in [-0.25, -0.2) is 4.39 Å². The third-order valence-corrected chi connectivity index (χ3v) is 4.02. The second-order valence-electron chi connectivity index (χ2n) is 4.67. The van der Waals surface area contributed by atoms with Crippen molar-refractivity contribution in [1.29, 1.82) is 0 Å². The summed E-state index contributed by atoms with van der Waals surface area (Å²) in [6.45, 7) is 4.04. The Hall–Kier alpha value is -1.43. The normalized spacial score (nSPS) is 12.9. The van der Waals surface area contributed by atoms with E-state index in [1.54, 1.807) is 37.0 Å². The van der Waals surface area contributed by atoms with Crippen LogP contribution in [0.25, 0.3) is 0 Å². The molecule has 1 atom stereocenters. The molecule has 0 radical (unpaired) electrons. The van der Waals surface area contributed by atoms with E-state index >= 15 is 0 Å². The lowest BCUT2D eigenvalue weighted by atomic mass is 10.3. The fourth-order valence-electron chi connectivity index (χ4n) is 1.66. The van der Waals surface area contributed by atoms with Crippen molar-refractivity contribution in [1.82, 2.24) is 10.2 Å². The molecular formula is C15H24FN3OS. The summed E-state index contributed by atoms with van der Waals surface area (Å²) in [5, 5.41) is 3.82. The molecule has 0 spiro atoms. The fourth-order valence-corrected chi connectivity index (χ4v) is 1.91. The molecule has 0 aromatic heterocycles. The van der Waals surface area contributed by atoms with Crippen LogP contribution in [0.2, 0.25) is 0 Å². The van der Waals surface area contributed by atoms with Crippen molar-refractivity contribution in [2.45, 2.75) is 12.2 Å². The van der Waals surface area contributed by atoms with Crippen LogP contribution in [-0.2, 0) is 0 Å². The van der Waals surface area contributed by atoms with Gasteiger partial charge in [-0.15, -0.1) is 0 Å². The first-order valence-electron chi connectivity index (χ1n) is 6.90. The molecule has 1 aromatic carbocycles. The molecule has 1 rings (SSSR count). The van der Waals surface area contributed by atoms with E-state index in [4.69, 9.17) is 4.74 Å².